The molecule has 0 N–H and O–H groups in total. The van der Waals surface area contributed by atoms with Gasteiger partial charge in [0.1, 0.15) is 0 Å². The summed E-state index contributed by atoms with van der Waals surface area (Å²) < 4.78 is 12.5. The van der Waals surface area contributed by atoms with E-state index in [1.165, 1.54) is 0 Å². The maximum atomic E-state index is 5.78. The van der Waals surface area contributed by atoms with Crippen molar-refractivity contribution in [3.05, 3.63) is 22.7 Å². The van der Waals surface area contributed by atoms with E-state index in [4.69, 9.17) is 9.47 Å². The van der Waals surface area contributed by atoms with E-state index in [2.05, 4.69) is 15.9 Å². The number of hydrogen-bond donors (Lipinski definition) is 0. The van der Waals surface area contributed by atoms with Crippen molar-refractivity contribution in [2.75, 3.05) is 0 Å². The zero-order valence-electron chi connectivity index (χ0n) is 9.00. The molecule has 0 aromatic heterocycles. The summed E-state index contributed by atoms with van der Waals surface area (Å²) in [6.07, 6.45) is 2.88. The Morgan fingerprint density at radius 3 is 2.67 bits per heavy atom. The van der Waals surface area contributed by atoms with Crippen LogP contribution in [0.5, 0.6) is 11.5 Å². The lowest BCUT2D eigenvalue weighted by Crippen LogP contribution is -2.08. The van der Waals surface area contributed by atoms with Crippen molar-refractivity contribution in [2.45, 2.75) is 38.9 Å². The highest BCUT2D eigenvalue weighted by molar-refractivity contribution is 9.10. The van der Waals surface area contributed by atoms with Crippen LogP contribution in [0.1, 0.15) is 26.7 Å². The Balaban J connectivity index is 2.21. The van der Waals surface area contributed by atoms with E-state index in [0.29, 0.717) is 6.10 Å². The van der Waals surface area contributed by atoms with Crippen molar-refractivity contribution >= 4 is 15.9 Å². The van der Waals surface area contributed by atoms with Crippen molar-refractivity contribution in [2.24, 2.45) is 0 Å². The first-order valence-corrected chi connectivity index (χ1v) is 6.08. The smallest absolute Gasteiger partial charge is 0.175 e. The predicted octanol–water partition coefficient (Wildman–Crippen LogP) is 3.78. The molecule has 0 saturated heterocycles. The first kappa shape index (κ1) is 10.8. The third-order valence-electron chi connectivity index (χ3n) is 2.10. The molecule has 82 valence electrons. The Morgan fingerprint density at radius 1 is 1.33 bits per heavy atom. The van der Waals surface area contributed by atoms with Gasteiger partial charge in [0.2, 0.25) is 0 Å². The number of benzene rings is 1. The standard InChI is InChI=1S/C12H15BrO2/c1-8(2)14-12-10(13)4-3-5-11(12)15-9-6-7-9/h3-5,8-9H,6-7H2,1-2H3. The normalized spacial score (nSPS) is 15.5. The maximum Gasteiger partial charge on any atom is 0.175 e. The molecule has 1 aliphatic rings. The van der Waals surface area contributed by atoms with Crippen molar-refractivity contribution in [1.82, 2.24) is 0 Å². The van der Waals surface area contributed by atoms with E-state index in [1.807, 2.05) is 32.0 Å². The van der Waals surface area contributed by atoms with Crippen molar-refractivity contribution in [3.8, 4) is 11.5 Å². The number of rotatable bonds is 4. The summed E-state index contributed by atoms with van der Waals surface area (Å²) in [5, 5.41) is 0. The molecule has 0 atom stereocenters. The molecule has 1 saturated carbocycles. The second kappa shape index (κ2) is 4.44. The molecule has 0 heterocycles. The third kappa shape index (κ3) is 2.88. The zero-order valence-corrected chi connectivity index (χ0v) is 10.6. The molecule has 1 fully saturated rings. The van der Waals surface area contributed by atoms with Gasteiger partial charge in [0.15, 0.2) is 11.5 Å². The largest absolute Gasteiger partial charge is 0.486 e. The summed E-state index contributed by atoms with van der Waals surface area (Å²) >= 11 is 3.48. The van der Waals surface area contributed by atoms with Gasteiger partial charge in [-0.1, -0.05) is 6.07 Å². The van der Waals surface area contributed by atoms with Gasteiger partial charge in [-0.3, -0.25) is 0 Å². The van der Waals surface area contributed by atoms with Gasteiger partial charge in [0.25, 0.3) is 0 Å². The van der Waals surface area contributed by atoms with Gasteiger partial charge in [0, 0.05) is 0 Å². The van der Waals surface area contributed by atoms with Crippen LogP contribution in [-0.4, -0.2) is 12.2 Å². The lowest BCUT2D eigenvalue weighted by Gasteiger charge is -2.16. The molecule has 0 radical (unpaired) electrons. The van der Waals surface area contributed by atoms with Crippen molar-refractivity contribution < 1.29 is 9.47 Å². The van der Waals surface area contributed by atoms with Crippen LogP contribution >= 0.6 is 15.9 Å². The first-order valence-electron chi connectivity index (χ1n) is 5.28. The fourth-order valence-electron chi connectivity index (χ4n) is 1.30. The summed E-state index contributed by atoms with van der Waals surface area (Å²) in [7, 11) is 0. The molecule has 0 bridgehead atoms. The summed E-state index contributed by atoms with van der Waals surface area (Å²) in [6.45, 7) is 4.03. The van der Waals surface area contributed by atoms with Gasteiger partial charge in [0.05, 0.1) is 16.7 Å². The van der Waals surface area contributed by atoms with Crippen molar-refractivity contribution in [3.63, 3.8) is 0 Å². The molecule has 1 aliphatic carbocycles. The predicted molar refractivity (Wildman–Crippen MR) is 63.6 cm³/mol. The van der Waals surface area contributed by atoms with E-state index in [0.717, 1.165) is 28.8 Å². The molecule has 1 aromatic carbocycles. The van der Waals surface area contributed by atoms with Gasteiger partial charge in [-0.15, -0.1) is 0 Å². The van der Waals surface area contributed by atoms with E-state index in [-0.39, 0.29) is 6.10 Å². The van der Waals surface area contributed by atoms with E-state index >= 15 is 0 Å². The Labute approximate surface area is 98.7 Å². The van der Waals surface area contributed by atoms with Gasteiger partial charge in [-0.05, 0) is 54.8 Å². The van der Waals surface area contributed by atoms with Gasteiger partial charge >= 0.3 is 0 Å². The lowest BCUT2D eigenvalue weighted by atomic mass is 10.3. The fourth-order valence-corrected chi connectivity index (χ4v) is 1.74. The molecule has 1 aromatic rings. The number of ether oxygens (including phenoxy) is 2. The Kier molecular flexibility index (Phi) is 3.19. The van der Waals surface area contributed by atoms with E-state index < -0.39 is 0 Å². The number of halogens is 1. The molecule has 0 unspecified atom stereocenters. The highest BCUT2D eigenvalue weighted by atomic mass is 79.9. The molecule has 2 nitrogen and oxygen atoms in total. The molecule has 0 spiro atoms. The molecule has 15 heavy (non-hydrogen) atoms. The van der Waals surface area contributed by atoms with Gasteiger partial charge < -0.3 is 9.47 Å². The van der Waals surface area contributed by atoms with E-state index in [1.54, 1.807) is 0 Å². The maximum absolute atomic E-state index is 5.78. The second-order valence-electron chi connectivity index (χ2n) is 4.05. The minimum absolute atomic E-state index is 0.158. The third-order valence-corrected chi connectivity index (χ3v) is 2.73. The average Bonchev–Trinajstić information content (AvgIpc) is 2.94. The number of hydrogen-bond acceptors (Lipinski definition) is 2. The highest BCUT2D eigenvalue weighted by Gasteiger charge is 2.25. The quantitative estimate of drug-likeness (QED) is 0.829. The van der Waals surface area contributed by atoms with Crippen LogP contribution in [0.4, 0.5) is 0 Å². The van der Waals surface area contributed by atoms with Crippen LogP contribution in [0.25, 0.3) is 0 Å². The first-order chi connectivity index (χ1) is 7.16. The molecular weight excluding hydrogens is 256 g/mol. The van der Waals surface area contributed by atoms with Gasteiger partial charge in [-0.2, -0.15) is 0 Å². The number of para-hydroxylation sites is 1. The van der Waals surface area contributed by atoms with Crippen LogP contribution in [-0.2, 0) is 0 Å². The molecular formula is C12H15BrO2. The Morgan fingerprint density at radius 2 is 2.07 bits per heavy atom. The van der Waals surface area contributed by atoms with Crippen molar-refractivity contribution in [1.29, 1.82) is 0 Å². The summed E-state index contributed by atoms with van der Waals surface area (Å²) in [6, 6.07) is 5.90. The molecule has 3 heteroatoms. The topological polar surface area (TPSA) is 18.5 Å². The second-order valence-corrected chi connectivity index (χ2v) is 4.91. The van der Waals surface area contributed by atoms with Crippen LogP contribution in [0.2, 0.25) is 0 Å². The fraction of sp³-hybridized carbons (Fsp3) is 0.500. The Bertz CT molecular complexity index is 345. The molecule has 2 rings (SSSR count). The van der Waals surface area contributed by atoms with Crippen LogP contribution < -0.4 is 9.47 Å². The van der Waals surface area contributed by atoms with E-state index in [9.17, 15) is 0 Å². The van der Waals surface area contributed by atoms with Crippen LogP contribution in [0.3, 0.4) is 0 Å². The highest BCUT2D eigenvalue weighted by Crippen LogP contribution is 2.39. The average molecular weight is 271 g/mol. The minimum Gasteiger partial charge on any atom is -0.486 e. The minimum atomic E-state index is 0.158. The van der Waals surface area contributed by atoms with Crippen LogP contribution in [0, 0.1) is 0 Å². The summed E-state index contributed by atoms with van der Waals surface area (Å²) in [5.41, 5.74) is 0. The monoisotopic (exact) mass is 270 g/mol. The summed E-state index contributed by atoms with van der Waals surface area (Å²) in [4.78, 5) is 0. The molecule has 0 aliphatic heterocycles. The van der Waals surface area contributed by atoms with Gasteiger partial charge in [-0.25, -0.2) is 0 Å². The summed E-state index contributed by atoms with van der Waals surface area (Å²) in [5.74, 6) is 1.67. The Hall–Kier alpha value is -0.700. The molecule has 0 amide bonds. The van der Waals surface area contributed by atoms with Crippen LogP contribution in [0.15, 0.2) is 22.7 Å². The SMILES string of the molecule is CC(C)Oc1c(Br)cccc1OC1CC1. The lowest BCUT2D eigenvalue weighted by molar-refractivity contribution is 0.216. The zero-order chi connectivity index (χ0) is 10.8.